The van der Waals surface area contributed by atoms with Crippen LogP contribution >= 0.6 is 11.3 Å². The molecule has 1 heterocycles. The van der Waals surface area contributed by atoms with E-state index in [9.17, 15) is 19.5 Å². The van der Waals surface area contributed by atoms with E-state index < -0.39 is 29.8 Å². The second-order valence-corrected chi connectivity index (χ2v) is 8.12. The fourth-order valence-electron chi connectivity index (χ4n) is 2.15. The van der Waals surface area contributed by atoms with Crippen LogP contribution in [-0.4, -0.2) is 33.8 Å². The first-order chi connectivity index (χ1) is 13.5. The molecular formula is C19H23N3O6S. The first-order valence-corrected chi connectivity index (χ1v) is 9.58. The molecule has 2 aromatic rings. The highest BCUT2D eigenvalue weighted by Gasteiger charge is 2.24. The number of carboxylic acids is 1. The SMILES string of the molecule is CC(NC(=O)OC(C)(C)C)c1nc(C(=O)O)c(NC(=O)OCc2ccccc2)s1. The minimum Gasteiger partial charge on any atom is -0.476 e. The van der Waals surface area contributed by atoms with E-state index in [1.54, 1.807) is 39.8 Å². The smallest absolute Gasteiger partial charge is 0.412 e. The number of carbonyl (C=O) groups is 3. The first-order valence-electron chi connectivity index (χ1n) is 8.76. The van der Waals surface area contributed by atoms with E-state index in [2.05, 4.69) is 15.6 Å². The van der Waals surface area contributed by atoms with E-state index in [1.807, 2.05) is 18.2 Å². The second-order valence-electron chi connectivity index (χ2n) is 7.09. The lowest BCUT2D eigenvalue weighted by Gasteiger charge is -2.21. The van der Waals surface area contributed by atoms with Crippen molar-refractivity contribution in [1.29, 1.82) is 0 Å². The molecule has 0 spiro atoms. The fraction of sp³-hybridized carbons (Fsp3) is 0.368. The Hall–Kier alpha value is -3.14. The standard InChI is InChI=1S/C19H23N3O6S/c1-11(20-18(26)28-19(2,3)4)14-21-13(16(23)24)15(29-14)22-17(25)27-10-12-8-6-5-7-9-12/h5-9,11H,10H2,1-4H3,(H,20,26)(H,22,25)(H,23,24). The zero-order valence-corrected chi connectivity index (χ0v) is 17.3. The van der Waals surface area contributed by atoms with Gasteiger partial charge in [0, 0.05) is 0 Å². The number of aromatic nitrogens is 1. The zero-order chi connectivity index (χ0) is 21.6. The van der Waals surface area contributed by atoms with Crippen molar-refractivity contribution >= 4 is 34.5 Å². The first kappa shape index (κ1) is 22.2. The molecule has 1 aromatic heterocycles. The summed E-state index contributed by atoms with van der Waals surface area (Å²) in [6.07, 6.45) is -1.46. The lowest BCUT2D eigenvalue weighted by Crippen LogP contribution is -2.34. The molecule has 0 aliphatic rings. The van der Waals surface area contributed by atoms with Gasteiger partial charge in [-0.25, -0.2) is 19.4 Å². The minimum absolute atomic E-state index is 0.0170. The third kappa shape index (κ3) is 7.07. The van der Waals surface area contributed by atoms with Gasteiger partial charge < -0.3 is 19.9 Å². The number of hydrogen-bond acceptors (Lipinski definition) is 7. The van der Waals surface area contributed by atoms with Gasteiger partial charge in [0.2, 0.25) is 0 Å². The summed E-state index contributed by atoms with van der Waals surface area (Å²) in [6, 6.07) is 8.44. The van der Waals surface area contributed by atoms with Crippen LogP contribution < -0.4 is 10.6 Å². The molecule has 1 aromatic carbocycles. The molecule has 2 rings (SSSR count). The summed E-state index contributed by atoms with van der Waals surface area (Å²) >= 11 is 0.932. The van der Waals surface area contributed by atoms with Gasteiger partial charge in [-0.05, 0) is 33.3 Å². The average molecular weight is 421 g/mol. The number of nitrogens with one attached hydrogen (secondary N) is 2. The average Bonchev–Trinajstić information content (AvgIpc) is 3.03. The van der Waals surface area contributed by atoms with Gasteiger partial charge in [0.25, 0.3) is 0 Å². The number of carboxylic acid groups (broad SMARTS) is 1. The zero-order valence-electron chi connectivity index (χ0n) is 16.5. The van der Waals surface area contributed by atoms with Crippen molar-refractivity contribution in [2.75, 3.05) is 5.32 Å². The molecular weight excluding hydrogens is 398 g/mol. The van der Waals surface area contributed by atoms with Gasteiger partial charge in [-0.1, -0.05) is 41.7 Å². The van der Waals surface area contributed by atoms with Gasteiger partial charge in [0.1, 0.15) is 22.2 Å². The monoisotopic (exact) mass is 421 g/mol. The van der Waals surface area contributed by atoms with E-state index in [0.29, 0.717) is 5.01 Å². The number of nitrogens with zero attached hydrogens (tertiary/aromatic N) is 1. The van der Waals surface area contributed by atoms with Crippen LogP contribution in [0.15, 0.2) is 30.3 Å². The summed E-state index contributed by atoms with van der Waals surface area (Å²) in [5.41, 5.74) is -0.213. The molecule has 0 aliphatic heterocycles. The Bertz CT molecular complexity index is 876. The van der Waals surface area contributed by atoms with E-state index in [4.69, 9.17) is 9.47 Å². The number of rotatable bonds is 6. The highest BCUT2D eigenvalue weighted by atomic mass is 32.1. The number of thiazole rings is 1. The molecule has 156 valence electrons. The largest absolute Gasteiger partial charge is 0.476 e. The van der Waals surface area contributed by atoms with E-state index in [-0.39, 0.29) is 17.3 Å². The van der Waals surface area contributed by atoms with Gasteiger partial charge in [0.15, 0.2) is 5.69 Å². The van der Waals surface area contributed by atoms with Crippen LogP contribution in [0.5, 0.6) is 0 Å². The van der Waals surface area contributed by atoms with Crippen LogP contribution in [0.25, 0.3) is 0 Å². The number of alkyl carbamates (subject to hydrolysis) is 1. The molecule has 2 amide bonds. The van der Waals surface area contributed by atoms with Crippen molar-refractivity contribution in [3.63, 3.8) is 0 Å². The molecule has 29 heavy (non-hydrogen) atoms. The molecule has 3 N–H and O–H groups in total. The number of anilines is 1. The summed E-state index contributed by atoms with van der Waals surface area (Å²) in [7, 11) is 0. The maximum absolute atomic E-state index is 12.0. The quantitative estimate of drug-likeness (QED) is 0.638. The number of carbonyl (C=O) groups excluding carboxylic acids is 2. The number of benzene rings is 1. The minimum atomic E-state index is -1.31. The third-order valence-electron chi connectivity index (χ3n) is 3.38. The number of ether oxygens (including phenoxy) is 2. The van der Waals surface area contributed by atoms with E-state index in [1.165, 1.54) is 0 Å². The van der Waals surface area contributed by atoms with Crippen molar-refractivity contribution in [2.45, 2.75) is 45.9 Å². The molecule has 1 atom stereocenters. The Morgan fingerprint density at radius 1 is 1.17 bits per heavy atom. The summed E-state index contributed by atoms with van der Waals surface area (Å²) in [6.45, 7) is 6.86. The molecule has 10 heteroatoms. The van der Waals surface area contributed by atoms with Gasteiger partial charge in [0.05, 0.1) is 6.04 Å². The van der Waals surface area contributed by atoms with E-state index >= 15 is 0 Å². The normalized spacial score (nSPS) is 12.0. The van der Waals surface area contributed by atoms with Crippen LogP contribution in [0.4, 0.5) is 14.6 Å². The molecule has 1 unspecified atom stereocenters. The predicted octanol–water partition coefficient (Wildman–Crippen LogP) is 4.18. The Kier molecular flexibility index (Phi) is 7.16. The van der Waals surface area contributed by atoms with E-state index in [0.717, 1.165) is 16.9 Å². The number of aromatic carboxylic acids is 1. The topological polar surface area (TPSA) is 127 Å². The van der Waals surface area contributed by atoms with Crippen LogP contribution in [0.3, 0.4) is 0 Å². The predicted molar refractivity (Wildman–Crippen MR) is 107 cm³/mol. The van der Waals surface area contributed by atoms with Crippen molar-refractivity contribution in [2.24, 2.45) is 0 Å². The second kappa shape index (κ2) is 9.37. The molecule has 0 radical (unpaired) electrons. The third-order valence-corrected chi connectivity index (χ3v) is 4.53. The van der Waals surface area contributed by atoms with Crippen molar-refractivity contribution in [3.8, 4) is 0 Å². The molecule has 0 aliphatic carbocycles. The molecule has 0 saturated carbocycles. The van der Waals surface area contributed by atoms with Crippen LogP contribution in [0.1, 0.15) is 54.8 Å². The molecule has 0 saturated heterocycles. The maximum Gasteiger partial charge on any atom is 0.412 e. The van der Waals surface area contributed by atoms with Gasteiger partial charge in [-0.3, -0.25) is 5.32 Å². The summed E-state index contributed by atoms with van der Waals surface area (Å²) in [5, 5.41) is 14.7. The van der Waals surface area contributed by atoms with Crippen molar-refractivity contribution in [1.82, 2.24) is 10.3 Å². The van der Waals surface area contributed by atoms with Crippen LogP contribution in [-0.2, 0) is 16.1 Å². The molecule has 0 bridgehead atoms. The lowest BCUT2D eigenvalue weighted by molar-refractivity contribution is 0.0507. The van der Waals surface area contributed by atoms with Gasteiger partial charge >= 0.3 is 18.2 Å². The molecule has 9 nitrogen and oxygen atoms in total. The van der Waals surface area contributed by atoms with Gasteiger partial charge in [-0.15, -0.1) is 0 Å². The highest BCUT2D eigenvalue weighted by Crippen LogP contribution is 2.29. The maximum atomic E-state index is 12.0. The number of hydrogen-bond donors (Lipinski definition) is 3. The van der Waals surface area contributed by atoms with Crippen molar-refractivity contribution < 1.29 is 29.0 Å². The van der Waals surface area contributed by atoms with Crippen LogP contribution in [0.2, 0.25) is 0 Å². The highest BCUT2D eigenvalue weighted by molar-refractivity contribution is 7.16. The molecule has 0 fully saturated rings. The number of amides is 2. The van der Waals surface area contributed by atoms with Crippen LogP contribution in [0, 0.1) is 0 Å². The summed E-state index contributed by atoms with van der Waals surface area (Å²) in [4.78, 5) is 39.4. The fourth-order valence-corrected chi connectivity index (χ4v) is 3.10. The summed E-state index contributed by atoms with van der Waals surface area (Å²) in [5.74, 6) is -1.31. The lowest BCUT2D eigenvalue weighted by atomic mass is 10.2. The summed E-state index contributed by atoms with van der Waals surface area (Å²) < 4.78 is 10.3. The Balaban J connectivity index is 2.04. The Labute approximate surface area is 172 Å². The van der Waals surface area contributed by atoms with Gasteiger partial charge in [-0.2, -0.15) is 0 Å². The Morgan fingerprint density at radius 3 is 2.41 bits per heavy atom. The van der Waals surface area contributed by atoms with Crippen molar-refractivity contribution in [3.05, 3.63) is 46.6 Å². The Morgan fingerprint density at radius 2 is 1.83 bits per heavy atom.